The number of nitrogens with one attached hydrogen (secondary N) is 1. The van der Waals surface area contributed by atoms with E-state index >= 15 is 0 Å². The second kappa shape index (κ2) is 7.52. The Bertz CT molecular complexity index is 586. The molecule has 6 nitrogen and oxygen atoms in total. The van der Waals surface area contributed by atoms with Crippen LogP contribution >= 0.6 is 0 Å². The zero-order valence-electron chi connectivity index (χ0n) is 11.6. The van der Waals surface area contributed by atoms with Gasteiger partial charge in [0, 0.05) is 13.1 Å². The number of benzene rings is 1. The van der Waals surface area contributed by atoms with Crippen molar-refractivity contribution in [3.8, 4) is 6.07 Å². The van der Waals surface area contributed by atoms with Crippen molar-refractivity contribution in [2.75, 3.05) is 38.7 Å². The van der Waals surface area contributed by atoms with Crippen molar-refractivity contribution >= 4 is 9.84 Å². The lowest BCUT2D eigenvalue weighted by Crippen LogP contribution is -2.41. The summed E-state index contributed by atoms with van der Waals surface area (Å²) in [4.78, 5) is 0.209. The van der Waals surface area contributed by atoms with Crippen LogP contribution in [0, 0.1) is 11.3 Å². The van der Waals surface area contributed by atoms with Gasteiger partial charge in [-0.05, 0) is 24.3 Å². The SMILES string of the molecule is N#Cc1ccc(S(=O)(=O)CCOCC2CNCCO2)cc1. The molecule has 1 aliphatic rings. The molecule has 1 atom stereocenters. The molecular weight excluding hydrogens is 292 g/mol. The van der Waals surface area contributed by atoms with Gasteiger partial charge >= 0.3 is 0 Å². The van der Waals surface area contributed by atoms with Gasteiger partial charge in [0.2, 0.25) is 0 Å². The summed E-state index contributed by atoms with van der Waals surface area (Å²) in [6, 6.07) is 7.84. The van der Waals surface area contributed by atoms with Gasteiger partial charge in [-0.1, -0.05) is 0 Å². The Morgan fingerprint density at radius 1 is 1.38 bits per heavy atom. The zero-order chi connectivity index (χ0) is 15.1. The van der Waals surface area contributed by atoms with Crippen LogP contribution in [0.15, 0.2) is 29.2 Å². The lowest BCUT2D eigenvalue weighted by molar-refractivity contribution is -0.0283. The van der Waals surface area contributed by atoms with Gasteiger partial charge in [0.1, 0.15) is 0 Å². The molecule has 1 saturated heterocycles. The lowest BCUT2D eigenvalue weighted by atomic mass is 10.2. The minimum atomic E-state index is -3.38. The van der Waals surface area contributed by atoms with Crippen molar-refractivity contribution in [1.29, 1.82) is 5.26 Å². The first-order chi connectivity index (χ1) is 10.1. The fourth-order valence-corrected chi connectivity index (χ4v) is 3.09. The van der Waals surface area contributed by atoms with Crippen LogP contribution in [0.4, 0.5) is 0 Å². The number of hydrogen-bond donors (Lipinski definition) is 1. The monoisotopic (exact) mass is 310 g/mol. The first-order valence-corrected chi connectivity index (χ1v) is 8.40. The van der Waals surface area contributed by atoms with Crippen molar-refractivity contribution in [3.05, 3.63) is 29.8 Å². The second-order valence-corrected chi connectivity index (χ2v) is 6.84. The van der Waals surface area contributed by atoms with Crippen LogP contribution in [0.1, 0.15) is 5.56 Å². The average Bonchev–Trinajstić information content (AvgIpc) is 2.53. The van der Waals surface area contributed by atoms with Crippen LogP contribution in [-0.4, -0.2) is 53.2 Å². The average molecular weight is 310 g/mol. The molecule has 0 aromatic heterocycles. The normalized spacial score (nSPS) is 19.1. The quantitative estimate of drug-likeness (QED) is 0.762. The molecular formula is C14H18N2O4S. The number of sulfone groups is 1. The molecule has 0 amide bonds. The molecule has 0 aliphatic carbocycles. The molecule has 0 radical (unpaired) electrons. The van der Waals surface area contributed by atoms with Crippen molar-refractivity contribution in [2.24, 2.45) is 0 Å². The summed E-state index contributed by atoms with van der Waals surface area (Å²) in [5.41, 5.74) is 0.437. The highest BCUT2D eigenvalue weighted by Gasteiger charge is 2.16. The molecule has 1 aromatic rings. The van der Waals surface area contributed by atoms with Gasteiger partial charge in [0.15, 0.2) is 9.84 Å². The summed E-state index contributed by atoms with van der Waals surface area (Å²) in [7, 11) is -3.38. The molecule has 1 aromatic carbocycles. The van der Waals surface area contributed by atoms with Crippen LogP contribution < -0.4 is 5.32 Å². The zero-order valence-corrected chi connectivity index (χ0v) is 12.4. The van der Waals surface area contributed by atoms with E-state index < -0.39 is 9.84 Å². The Kier molecular flexibility index (Phi) is 5.70. The van der Waals surface area contributed by atoms with E-state index in [1.807, 2.05) is 6.07 Å². The minimum Gasteiger partial charge on any atom is -0.378 e. The lowest BCUT2D eigenvalue weighted by Gasteiger charge is -2.23. The van der Waals surface area contributed by atoms with Gasteiger partial charge in [-0.15, -0.1) is 0 Å². The smallest absolute Gasteiger partial charge is 0.180 e. The molecule has 0 spiro atoms. The van der Waals surface area contributed by atoms with Crippen molar-refractivity contribution in [3.63, 3.8) is 0 Å². The van der Waals surface area contributed by atoms with Gasteiger partial charge in [-0.3, -0.25) is 0 Å². The van der Waals surface area contributed by atoms with E-state index in [0.717, 1.165) is 13.1 Å². The number of nitriles is 1. The number of ether oxygens (including phenoxy) is 2. The summed E-state index contributed by atoms with van der Waals surface area (Å²) in [5, 5.41) is 11.9. The summed E-state index contributed by atoms with van der Waals surface area (Å²) < 4.78 is 35.0. The van der Waals surface area contributed by atoms with Crippen LogP contribution in [0.3, 0.4) is 0 Å². The van der Waals surface area contributed by atoms with Gasteiger partial charge < -0.3 is 14.8 Å². The molecule has 21 heavy (non-hydrogen) atoms. The van der Waals surface area contributed by atoms with Crippen molar-refractivity contribution in [1.82, 2.24) is 5.32 Å². The van der Waals surface area contributed by atoms with E-state index in [4.69, 9.17) is 14.7 Å². The molecule has 0 saturated carbocycles. The number of rotatable bonds is 6. The number of hydrogen-bond acceptors (Lipinski definition) is 6. The molecule has 2 rings (SSSR count). The van der Waals surface area contributed by atoms with Crippen molar-refractivity contribution in [2.45, 2.75) is 11.0 Å². The van der Waals surface area contributed by atoms with Gasteiger partial charge in [0.05, 0.1) is 48.2 Å². The highest BCUT2D eigenvalue weighted by atomic mass is 32.2. The topological polar surface area (TPSA) is 88.4 Å². The van der Waals surface area contributed by atoms with Crippen LogP contribution in [0.5, 0.6) is 0 Å². The third-order valence-electron chi connectivity index (χ3n) is 3.15. The Morgan fingerprint density at radius 2 is 2.14 bits per heavy atom. The Hall–Kier alpha value is -1.46. The Balaban J connectivity index is 1.79. The molecule has 7 heteroatoms. The summed E-state index contributed by atoms with van der Waals surface area (Å²) in [6.45, 7) is 2.72. The third kappa shape index (κ3) is 4.79. The highest BCUT2D eigenvalue weighted by Crippen LogP contribution is 2.12. The summed E-state index contributed by atoms with van der Waals surface area (Å²) in [5.74, 6) is -0.0843. The van der Waals surface area contributed by atoms with Crippen LogP contribution in [-0.2, 0) is 19.3 Å². The Labute approximate surface area is 124 Å². The molecule has 1 N–H and O–H groups in total. The maximum absolute atomic E-state index is 12.1. The third-order valence-corrected chi connectivity index (χ3v) is 4.84. The van der Waals surface area contributed by atoms with Gasteiger partial charge in [-0.2, -0.15) is 5.26 Å². The largest absolute Gasteiger partial charge is 0.378 e. The first-order valence-electron chi connectivity index (χ1n) is 6.75. The molecule has 0 bridgehead atoms. The number of nitrogens with zero attached hydrogens (tertiary/aromatic N) is 1. The van der Waals surface area contributed by atoms with Crippen LogP contribution in [0.2, 0.25) is 0 Å². The van der Waals surface area contributed by atoms with E-state index in [1.54, 1.807) is 0 Å². The van der Waals surface area contributed by atoms with Gasteiger partial charge in [-0.25, -0.2) is 8.42 Å². The Morgan fingerprint density at radius 3 is 2.76 bits per heavy atom. The fraction of sp³-hybridized carbons (Fsp3) is 0.500. The first kappa shape index (κ1) is 15.9. The van der Waals surface area contributed by atoms with Crippen LogP contribution in [0.25, 0.3) is 0 Å². The molecule has 1 aliphatic heterocycles. The van der Waals surface area contributed by atoms with E-state index in [2.05, 4.69) is 5.32 Å². The van der Waals surface area contributed by atoms with E-state index in [-0.39, 0.29) is 23.4 Å². The predicted octanol–water partition coefficient (Wildman–Crippen LogP) is 0.337. The van der Waals surface area contributed by atoms with E-state index in [1.165, 1.54) is 24.3 Å². The van der Waals surface area contributed by atoms with Gasteiger partial charge in [0.25, 0.3) is 0 Å². The molecule has 1 heterocycles. The summed E-state index contributed by atoms with van der Waals surface area (Å²) in [6.07, 6.45) is -0.0173. The molecule has 114 valence electrons. The van der Waals surface area contributed by atoms with E-state index in [9.17, 15) is 8.42 Å². The maximum atomic E-state index is 12.1. The van der Waals surface area contributed by atoms with Crippen molar-refractivity contribution < 1.29 is 17.9 Å². The highest BCUT2D eigenvalue weighted by molar-refractivity contribution is 7.91. The molecule has 1 fully saturated rings. The predicted molar refractivity (Wildman–Crippen MR) is 76.6 cm³/mol. The number of morpholine rings is 1. The standard InChI is InChI=1S/C14H18N2O4S/c15-9-12-1-3-14(4-2-12)21(17,18)8-7-19-11-13-10-16-5-6-20-13/h1-4,13,16H,5-8,10-11H2. The minimum absolute atomic E-state index is 0.0173. The molecule has 1 unspecified atom stereocenters. The fourth-order valence-electron chi connectivity index (χ4n) is 1.96. The summed E-state index contributed by atoms with van der Waals surface area (Å²) >= 11 is 0. The second-order valence-electron chi connectivity index (χ2n) is 4.73. The maximum Gasteiger partial charge on any atom is 0.180 e. The van der Waals surface area contributed by atoms with E-state index in [0.29, 0.717) is 18.8 Å².